The Morgan fingerprint density at radius 2 is 1.84 bits per heavy atom. The molecule has 2 fully saturated rings. The molecule has 4 rings (SSSR count). The number of hydrogen-bond acceptors (Lipinski definition) is 4. The van der Waals surface area contributed by atoms with Crippen LogP contribution in [-0.2, 0) is 0 Å². The van der Waals surface area contributed by atoms with Gasteiger partial charge in [-0.05, 0) is 31.4 Å². The van der Waals surface area contributed by atoms with Gasteiger partial charge in [0.05, 0.1) is 0 Å². The van der Waals surface area contributed by atoms with E-state index in [9.17, 15) is 0 Å². The summed E-state index contributed by atoms with van der Waals surface area (Å²) in [4.78, 5) is 2.44. The Kier molecular flexibility index (Phi) is 2.76. The standard InChI is InChI=1S/C15H20N2O2/c1-2-11(1)16-12-5-6-17(10-12)13-3-4-14-15(9-13)19-8-7-18-14/h3-4,9,11-12,16H,1-2,5-8,10H2. The molecule has 0 amide bonds. The second-order valence-corrected chi connectivity index (χ2v) is 5.70. The number of benzene rings is 1. The van der Waals surface area contributed by atoms with Crippen molar-refractivity contribution in [3.8, 4) is 11.5 Å². The number of hydrogen-bond donors (Lipinski definition) is 1. The Morgan fingerprint density at radius 3 is 2.68 bits per heavy atom. The van der Waals surface area contributed by atoms with E-state index in [4.69, 9.17) is 9.47 Å². The van der Waals surface area contributed by atoms with Crippen molar-refractivity contribution in [2.75, 3.05) is 31.2 Å². The Balaban J connectivity index is 1.46. The quantitative estimate of drug-likeness (QED) is 0.898. The summed E-state index contributed by atoms with van der Waals surface area (Å²) in [5, 5.41) is 3.72. The van der Waals surface area contributed by atoms with Crippen molar-refractivity contribution in [3.05, 3.63) is 18.2 Å². The maximum Gasteiger partial charge on any atom is 0.163 e. The lowest BCUT2D eigenvalue weighted by Crippen LogP contribution is -2.33. The average molecular weight is 260 g/mol. The van der Waals surface area contributed by atoms with Crippen molar-refractivity contribution < 1.29 is 9.47 Å². The molecule has 4 nitrogen and oxygen atoms in total. The number of anilines is 1. The van der Waals surface area contributed by atoms with Crippen LogP contribution in [0.2, 0.25) is 0 Å². The summed E-state index contributed by atoms with van der Waals surface area (Å²) in [6, 6.07) is 7.75. The van der Waals surface area contributed by atoms with Gasteiger partial charge >= 0.3 is 0 Å². The number of nitrogens with one attached hydrogen (secondary N) is 1. The lowest BCUT2D eigenvalue weighted by molar-refractivity contribution is 0.171. The van der Waals surface area contributed by atoms with Gasteiger partial charge in [-0.3, -0.25) is 0 Å². The number of rotatable bonds is 3. The van der Waals surface area contributed by atoms with Gasteiger partial charge in [0.2, 0.25) is 0 Å². The van der Waals surface area contributed by atoms with Gasteiger partial charge in [0.1, 0.15) is 13.2 Å². The highest BCUT2D eigenvalue weighted by molar-refractivity contribution is 5.57. The summed E-state index contributed by atoms with van der Waals surface area (Å²) in [6.45, 7) is 3.55. The van der Waals surface area contributed by atoms with Gasteiger partial charge in [-0.1, -0.05) is 0 Å². The summed E-state index contributed by atoms with van der Waals surface area (Å²) >= 11 is 0. The fraction of sp³-hybridized carbons (Fsp3) is 0.600. The highest BCUT2D eigenvalue weighted by Crippen LogP contribution is 2.35. The van der Waals surface area contributed by atoms with Crippen molar-refractivity contribution >= 4 is 5.69 Å². The lowest BCUT2D eigenvalue weighted by atomic mass is 10.2. The fourth-order valence-corrected chi connectivity index (χ4v) is 2.94. The number of fused-ring (bicyclic) bond motifs is 1. The van der Waals surface area contributed by atoms with Gasteiger partial charge in [0.15, 0.2) is 11.5 Å². The minimum atomic E-state index is 0.653. The molecule has 1 saturated carbocycles. The van der Waals surface area contributed by atoms with E-state index in [-0.39, 0.29) is 0 Å². The van der Waals surface area contributed by atoms with E-state index in [0.29, 0.717) is 19.3 Å². The molecule has 1 saturated heterocycles. The van der Waals surface area contributed by atoms with Crippen LogP contribution in [0.1, 0.15) is 19.3 Å². The van der Waals surface area contributed by atoms with E-state index >= 15 is 0 Å². The van der Waals surface area contributed by atoms with E-state index in [1.165, 1.54) is 24.9 Å². The summed E-state index contributed by atoms with van der Waals surface area (Å²) in [5.74, 6) is 1.77. The molecule has 1 aromatic rings. The molecular weight excluding hydrogens is 240 g/mol. The third-order valence-corrected chi connectivity index (χ3v) is 4.13. The topological polar surface area (TPSA) is 33.7 Å². The average Bonchev–Trinajstić information content (AvgIpc) is 3.14. The van der Waals surface area contributed by atoms with Crippen LogP contribution in [0.3, 0.4) is 0 Å². The van der Waals surface area contributed by atoms with Crippen LogP contribution in [0.25, 0.3) is 0 Å². The van der Waals surface area contributed by atoms with E-state index in [1.807, 2.05) is 6.07 Å². The molecule has 3 aliphatic rings. The van der Waals surface area contributed by atoms with Gasteiger partial charge < -0.3 is 19.7 Å². The first-order valence-corrected chi connectivity index (χ1v) is 7.29. The van der Waals surface area contributed by atoms with E-state index in [2.05, 4.69) is 22.3 Å². The SMILES string of the molecule is c1cc2c(cc1N1CCC(NC3CC3)C1)OCCO2. The van der Waals surface area contributed by atoms with Crippen molar-refractivity contribution in [1.29, 1.82) is 0 Å². The molecule has 1 aromatic carbocycles. The van der Waals surface area contributed by atoms with Crippen LogP contribution in [0.4, 0.5) is 5.69 Å². The molecule has 0 bridgehead atoms. The fourth-order valence-electron chi connectivity index (χ4n) is 2.94. The van der Waals surface area contributed by atoms with Crippen LogP contribution in [0.15, 0.2) is 18.2 Å². The molecule has 1 atom stereocenters. The van der Waals surface area contributed by atoms with Crippen LogP contribution < -0.4 is 19.7 Å². The predicted molar refractivity (Wildman–Crippen MR) is 74.2 cm³/mol. The highest BCUT2D eigenvalue weighted by atomic mass is 16.6. The zero-order valence-corrected chi connectivity index (χ0v) is 11.1. The van der Waals surface area contributed by atoms with E-state index < -0.39 is 0 Å². The maximum absolute atomic E-state index is 5.66. The third kappa shape index (κ3) is 2.37. The molecule has 0 radical (unpaired) electrons. The minimum absolute atomic E-state index is 0.653. The lowest BCUT2D eigenvalue weighted by Gasteiger charge is -2.23. The van der Waals surface area contributed by atoms with Crippen molar-refractivity contribution in [2.45, 2.75) is 31.3 Å². The van der Waals surface area contributed by atoms with Crippen LogP contribution in [-0.4, -0.2) is 38.4 Å². The molecule has 0 spiro atoms. The Hall–Kier alpha value is -1.42. The second kappa shape index (κ2) is 4.60. The third-order valence-electron chi connectivity index (χ3n) is 4.13. The molecule has 4 heteroatoms. The molecular formula is C15H20N2O2. The van der Waals surface area contributed by atoms with E-state index in [1.54, 1.807) is 0 Å². The van der Waals surface area contributed by atoms with Crippen molar-refractivity contribution in [2.24, 2.45) is 0 Å². The van der Waals surface area contributed by atoms with Gasteiger partial charge in [-0.15, -0.1) is 0 Å². The first-order chi connectivity index (χ1) is 9.38. The van der Waals surface area contributed by atoms with Crippen LogP contribution >= 0.6 is 0 Å². The van der Waals surface area contributed by atoms with Crippen molar-refractivity contribution in [3.63, 3.8) is 0 Å². The Labute approximate surface area is 113 Å². The summed E-state index contributed by atoms with van der Waals surface area (Å²) in [5.41, 5.74) is 1.25. The molecule has 2 aliphatic heterocycles. The predicted octanol–water partition coefficient (Wildman–Crippen LogP) is 1.79. The smallest absolute Gasteiger partial charge is 0.163 e. The monoisotopic (exact) mass is 260 g/mol. The molecule has 0 aromatic heterocycles. The Morgan fingerprint density at radius 1 is 1.00 bits per heavy atom. The Bertz CT molecular complexity index is 473. The molecule has 102 valence electrons. The molecule has 1 aliphatic carbocycles. The van der Waals surface area contributed by atoms with Gasteiger partial charge in [-0.2, -0.15) is 0 Å². The largest absolute Gasteiger partial charge is 0.486 e. The molecule has 19 heavy (non-hydrogen) atoms. The number of nitrogens with zero attached hydrogens (tertiary/aromatic N) is 1. The highest BCUT2D eigenvalue weighted by Gasteiger charge is 2.29. The summed E-state index contributed by atoms with van der Waals surface area (Å²) in [7, 11) is 0. The zero-order chi connectivity index (χ0) is 12.7. The number of ether oxygens (including phenoxy) is 2. The van der Waals surface area contributed by atoms with Gasteiger partial charge in [0.25, 0.3) is 0 Å². The first-order valence-electron chi connectivity index (χ1n) is 7.29. The summed E-state index contributed by atoms with van der Waals surface area (Å²) in [6.07, 6.45) is 3.96. The van der Waals surface area contributed by atoms with Crippen LogP contribution in [0.5, 0.6) is 11.5 Å². The normalized spacial score (nSPS) is 25.7. The minimum Gasteiger partial charge on any atom is -0.486 e. The zero-order valence-electron chi connectivity index (χ0n) is 11.1. The molecule has 1 unspecified atom stereocenters. The first kappa shape index (κ1) is 11.4. The molecule has 1 N–H and O–H groups in total. The second-order valence-electron chi connectivity index (χ2n) is 5.70. The van der Waals surface area contributed by atoms with Crippen LogP contribution in [0, 0.1) is 0 Å². The van der Waals surface area contributed by atoms with Gasteiger partial charge in [-0.25, -0.2) is 0 Å². The maximum atomic E-state index is 5.66. The van der Waals surface area contributed by atoms with Gasteiger partial charge in [0, 0.05) is 36.9 Å². The van der Waals surface area contributed by atoms with E-state index in [0.717, 1.165) is 30.6 Å². The summed E-state index contributed by atoms with van der Waals surface area (Å²) < 4.78 is 11.2. The van der Waals surface area contributed by atoms with Crippen molar-refractivity contribution in [1.82, 2.24) is 5.32 Å². The molecule has 2 heterocycles.